The first-order valence-electron chi connectivity index (χ1n) is 11.1. The lowest BCUT2D eigenvalue weighted by molar-refractivity contribution is -0.122. The van der Waals surface area contributed by atoms with E-state index in [4.69, 9.17) is 4.74 Å². The van der Waals surface area contributed by atoms with Gasteiger partial charge in [0.2, 0.25) is 5.91 Å². The molecule has 0 spiro atoms. The van der Waals surface area contributed by atoms with E-state index in [9.17, 15) is 9.18 Å². The summed E-state index contributed by atoms with van der Waals surface area (Å²) in [7, 11) is 0. The third kappa shape index (κ3) is 5.89. The van der Waals surface area contributed by atoms with Crippen molar-refractivity contribution in [1.82, 2.24) is 20.0 Å². The number of nitrogens with zero attached hydrogens (tertiary/aromatic N) is 3. The van der Waals surface area contributed by atoms with Crippen molar-refractivity contribution in [3.8, 4) is 5.69 Å². The predicted octanol–water partition coefficient (Wildman–Crippen LogP) is 3.30. The average molecular weight is 415 g/mol. The van der Waals surface area contributed by atoms with Crippen LogP contribution >= 0.6 is 0 Å². The van der Waals surface area contributed by atoms with Gasteiger partial charge in [-0.25, -0.2) is 9.07 Å². The molecule has 3 heterocycles. The van der Waals surface area contributed by atoms with Gasteiger partial charge in [-0.1, -0.05) is 6.07 Å². The summed E-state index contributed by atoms with van der Waals surface area (Å²) in [6, 6.07) is 6.47. The van der Waals surface area contributed by atoms with E-state index in [1.165, 1.54) is 12.1 Å². The topological polar surface area (TPSA) is 59.4 Å². The zero-order valence-corrected chi connectivity index (χ0v) is 17.4. The van der Waals surface area contributed by atoms with Gasteiger partial charge in [0.15, 0.2) is 0 Å². The Morgan fingerprint density at radius 2 is 2.13 bits per heavy atom. The van der Waals surface area contributed by atoms with Gasteiger partial charge in [0.05, 0.1) is 18.0 Å². The molecule has 0 aliphatic carbocycles. The molecule has 30 heavy (non-hydrogen) atoms. The van der Waals surface area contributed by atoms with E-state index >= 15 is 0 Å². The van der Waals surface area contributed by atoms with E-state index in [1.807, 2.05) is 18.5 Å². The van der Waals surface area contributed by atoms with Crippen LogP contribution in [0.5, 0.6) is 0 Å². The number of ether oxygens (including phenoxy) is 1. The zero-order valence-electron chi connectivity index (χ0n) is 17.4. The second-order valence-electron chi connectivity index (χ2n) is 8.47. The fourth-order valence-corrected chi connectivity index (χ4v) is 4.35. The molecule has 1 amide bonds. The molecule has 162 valence electrons. The average Bonchev–Trinajstić information content (AvgIpc) is 3.44. The fourth-order valence-electron chi connectivity index (χ4n) is 4.35. The highest BCUT2D eigenvalue weighted by Gasteiger charge is 2.21. The molecule has 0 radical (unpaired) electrons. The molecular weight excluding hydrogens is 383 g/mol. The van der Waals surface area contributed by atoms with E-state index in [0.29, 0.717) is 18.9 Å². The highest BCUT2D eigenvalue weighted by molar-refractivity contribution is 5.75. The van der Waals surface area contributed by atoms with Crippen molar-refractivity contribution in [3.05, 3.63) is 48.0 Å². The molecule has 2 aliphatic heterocycles. The summed E-state index contributed by atoms with van der Waals surface area (Å²) in [6.45, 7) is 4.40. The van der Waals surface area contributed by atoms with Gasteiger partial charge in [-0.2, -0.15) is 5.10 Å². The third-order valence-electron chi connectivity index (χ3n) is 6.15. The monoisotopic (exact) mass is 414 g/mol. The van der Waals surface area contributed by atoms with E-state index in [0.717, 1.165) is 69.6 Å². The van der Waals surface area contributed by atoms with Gasteiger partial charge in [0.1, 0.15) is 5.82 Å². The number of carbonyl (C=O) groups excluding carboxylic acids is 1. The van der Waals surface area contributed by atoms with Crippen molar-refractivity contribution < 1.29 is 13.9 Å². The Bertz CT molecular complexity index is 826. The Labute approximate surface area is 177 Å². The number of hydrogen-bond acceptors (Lipinski definition) is 4. The molecule has 0 bridgehead atoms. The summed E-state index contributed by atoms with van der Waals surface area (Å²) in [5.74, 6) is 0.509. The number of amides is 1. The number of hydrogen-bond donors (Lipinski definition) is 1. The molecule has 1 aromatic heterocycles. The van der Waals surface area contributed by atoms with Gasteiger partial charge in [0, 0.05) is 37.9 Å². The summed E-state index contributed by atoms with van der Waals surface area (Å²) in [5, 5.41) is 7.39. The van der Waals surface area contributed by atoms with Crippen LogP contribution in [0.3, 0.4) is 0 Å². The number of likely N-dealkylation sites (tertiary alicyclic amines) is 1. The molecule has 2 aromatic rings. The highest BCUT2D eigenvalue weighted by atomic mass is 19.1. The number of carbonyl (C=O) groups is 1. The first-order valence-corrected chi connectivity index (χ1v) is 11.1. The summed E-state index contributed by atoms with van der Waals surface area (Å²) >= 11 is 0. The van der Waals surface area contributed by atoms with Crippen molar-refractivity contribution in [2.45, 2.75) is 51.2 Å². The molecule has 2 aliphatic rings. The van der Waals surface area contributed by atoms with E-state index < -0.39 is 0 Å². The zero-order chi connectivity index (χ0) is 20.8. The molecule has 7 heteroatoms. The number of rotatable bonds is 8. The molecule has 1 atom stereocenters. The molecule has 2 fully saturated rings. The quantitative estimate of drug-likeness (QED) is 0.720. The second kappa shape index (κ2) is 10.2. The minimum Gasteiger partial charge on any atom is -0.376 e. The Balaban J connectivity index is 1.16. The van der Waals surface area contributed by atoms with Crippen molar-refractivity contribution in [1.29, 1.82) is 0 Å². The minimum absolute atomic E-state index is 0.151. The Morgan fingerprint density at radius 3 is 2.90 bits per heavy atom. The molecule has 6 nitrogen and oxygen atoms in total. The van der Waals surface area contributed by atoms with Crippen LogP contribution in [0.4, 0.5) is 4.39 Å². The van der Waals surface area contributed by atoms with Crippen LogP contribution in [0.15, 0.2) is 36.7 Å². The van der Waals surface area contributed by atoms with Crippen LogP contribution < -0.4 is 5.32 Å². The van der Waals surface area contributed by atoms with Gasteiger partial charge in [-0.05, 0) is 69.3 Å². The lowest BCUT2D eigenvalue weighted by Gasteiger charge is -2.31. The van der Waals surface area contributed by atoms with Crippen LogP contribution in [0.2, 0.25) is 0 Å². The first-order chi connectivity index (χ1) is 14.7. The van der Waals surface area contributed by atoms with Gasteiger partial charge in [-0.15, -0.1) is 0 Å². The minimum atomic E-state index is -0.257. The number of nitrogens with one attached hydrogen (secondary N) is 1. The largest absolute Gasteiger partial charge is 0.376 e. The van der Waals surface area contributed by atoms with E-state index in [1.54, 1.807) is 10.7 Å². The van der Waals surface area contributed by atoms with Crippen LogP contribution in [0.1, 0.15) is 44.1 Å². The second-order valence-corrected chi connectivity index (χ2v) is 8.47. The first kappa shape index (κ1) is 21.0. The van der Waals surface area contributed by atoms with Crippen LogP contribution in [-0.2, 0) is 16.1 Å². The van der Waals surface area contributed by atoms with E-state index in [-0.39, 0.29) is 17.8 Å². The standard InChI is InChI=1S/C23H31FN4O2/c24-20-3-1-4-21(13-20)28-17-19(14-26-28)16-27-10-8-18(9-11-27)6-7-23(29)25-15-22-5-2-12-30-22/h1,3-4,13-14,17-18,22H,2,5-12,15-16H2,(H,25,29)/t22-/m1/s1. The Kier molecular flexibility index (Phi) is 7.12. The van der Waals surface area contributed by atoms with Crippen molar-refractivity contribution in [2.75, 3.05) is 26.2 Å². The maximum Gasteiger partial charge on any atom is 0.220 e. The smallest absolute Gasteiger partial charge is 0.220 e. The number of piperidine rings is 1. The molecule has 2 saturated heterocycles. The Hall–Kier alpha value is -2.25. The van der Waals surface area contributed by atoms with Gasteiger partial charge >= 0.3 is 0 Å². The molecule has 1 N–H and O–H groups in total. The Morgan fingerprint density at radius 1 is 1.27 bits per heavy atom. The summed E-state index contributed by atoms with van der Waals surface area (Å²) < 4.78 is 20.7. The lowest BCUT2D eigenvalue weighted by atomic mass is 9.92. The maximum absolute atomic E-state index is 13.4. The van der Waals surface area contributed by atoms with Crippen molar-refractivity contribution in [2.24, 2.45) is 5.92 Å². The normalized spacial score (nSPS) is 20.5. The third-order valence-corrected chi connectivity index (χ3v) is 6.15. The summed E-state index contributed by atoms with van der Waals surface area (Å²) in [5.41, 5.74) is 1.86. The molecule has 1 aromatic carbocycles. The number of halogens is 1. The van der Waals surface area contributed by atoms with Gasteiger partial charge < -0.3 is 10.1 Å². The molecule has 0 unspecified atom stereocenters. The highest BCUT2D eigenvalue weighted by Crippen LogP contribution is 2.23. The molecule has 4 rings (SSSR count). The van der Waals surface area contributed by atoms with Gasteiger partial charge in [-0.3, -0.25) is 9.69 Å². The van der Waals surface area contributed by atoms with Crippen molar-refractivity contribution in [3.63, 3.8) is 0 Å². The van der Waals surface area contributed by atoms with Gasteiger partial charge in [0.25, 0.3) is 0 Å². The van der Waals surface area contributed by atoms with Crippen LogP contribution in [-0.4, -0.2) is 52.9 Å². The summed E-state index contributed by atoms with van der Waals surface area (Å²) in [6.07, 6.45) is 10.0. The van der Waals surface area contributed by atoms with Crippen molar-refractivity contribution >= 4 is 5.91 Å². The maximum atomic E-state index is 13.4. The van der Waals surface area contributed by atoms with Crippen LogP contribution in [0.25, 0.3) is 5.69 Å². The lowest BCUT2D eigenvalue weighted by Crippen LogP contribution is -2.34. The predicted molar refractivity (Wildman–Crippen MR) is 113 cm³/mol. The van der Waals surface area contributed by atoms with Crippen LogP contribution in [0, 0.1) is 11.7 Å². The SMILES string of the molecule is O=C(CCC1CCN(Cc2cnn(-c3cccc(F)c3)c2)CC1)NC[C@H]1CCCO1. The fraction of sp³-hybridized carbons (Fsp3) is 0.565. The van der Waals surface area contributed by atoms with E-state index in [2.05, 4.69) is 15.3 Å². The summed E-state index contributed by atoms with van der Waals surface area (Å²) in [4.78, 5) is 14.5. The number of benzene rings is 1. The number of aromatic nitrogens is 2. The molecular formula is C23H31FN4O2. The molecule has 0 saturated carbocycles.